The zero-order chi connectivity index (χ0) is 9.97. The smallest absolute Gasteiger partial charge is 0.116 e. The molecule has 0 saturated carbocycles. The highest BCUT2D eigenvalue weighted by atomic mass is 31.1. The Labute approximate surface area is 87.1 Å². The molecule has 1 aromatic carbocycles. The number of nitrogens with zero attached hydrogens (tertiary/aromatic N) is 2. The summed E-state index contributed by atoms with van der Waals surface area (Å²) in [6, 6.07) is 6.03. The van der Waals surface area contributed by atoms with E-state index in [-0.39, 0.29) is 5.52 Å². The summed E-state index contributed by atoms with van der Waals surface area (Å²) < 4.78 is 0. The standard InChI is InChI=1S/C9H11N3P2/c13-9(14)12-7-1-2-8-6(3-7)4-10-5-11-8/h1-5,9,12H,13-14H2. The van der Waals surface area contributed by atoms with Crippen molar-refractivity contribution < 1.29 is 0 Å². The second kappa shape index (κ2) is 4.16. The molecule has 1 aromatic heterocycles. The van der Waals surface area contributed by atoms with Crippen molar-refractivity contribution >= 4 is 35.1 Å². The average Bonchev–Trinajstić information content (AvgIpc) is 2.17. The highest BCUT2D eigenvalue weighted by Gasteiger charge is 1.98. The molecule has 0 aliphatic carbocycles. The fraction of sp³-hybridized carbons (Fsp3) is 0.111. The van der Waals surface area contributed by atoms with E-state index in [1.807, 2.05) is 24.4 Å². The molecule has 0 aliphatic heterocycles. The summed E-state index contributed by atoms with van der Waals surface area (Å²) in [6.45, 7) is 0. The van der Waals surface area contributed by atoms with Crippen molar-refractivity contribution in [2.24, 2.45) is 0 Å². The van der Waals surface area contributed by atoms with Gasteiger partial charge in [0.05, 0.1) is 11.0 Å². The Morgan fingerprint density at radius 3 is 2.93 bits per heavy atom. The van der Waals surface area contributed by atoms with Crippen LogP contribution < -0.4 is 5.32 Å². The second-order valence-electron chi connectivity index (χ2n) is 2.97. The number of fused-ring (bicyclic) bond motifs is 1. The Kier molecular flexibility index (Phi) is 2.90. The van der Waals surface area contributed by atoms with Gasteiger partial charge in [-0.15, -0.1) is 18.5 Å². The number of benzene rings is 1. The van der Waals surface area contributed by atoms with Gasteiger partial charge in [0.15, 0.2) is 0 Å². The van der Waals surface area contributed by atoms with Crippen LogP contribution in [0.3, 0.4) is 0 Å². The largest absolute Gasteiger partial charge is 0.376 e. The predicted octanol–water partition coefficient (Wildman–Crippen LogP) is 2.08. The molecule has 0 bridgehead atoms. The van der Waals surface area contributed by atoms with E-state index in [4.69, 9.17) is 0 Å². The fourth-order valence-electron chi connectivity index (χ4n) is 1.27. The van der Waals surface area contributed by atoms with Crippen LogP contribution in [0.2, 0.25) is 0 Å². The molecule has 1 N–H and O–H groups in total. The SMILES string of the molecule is PC(P)Nc1ccc2ncncc2c1. The monoisotopic (exact) mass is 223 g/mol. The van der Waals surface area contributed by atoms with Crippen LogP contribution >= 0.6 is 18.5 Å². The van der Waals surface area contributed by atoms with E-state index in [0.29, 0.717) is 0 Å². The first kappa shape index (κ1) is 9.76. The molecule has 3 nitrogen and oxygen atoms in total. The van der Waals surface area contributed by atoms with Crippen LogP contribution in [-0.2, 0) is 0 Å². The van der Waals surface area contributed by atoms with Crippen LogP contribution in [0.15, 0.2) is 30.7 Å². The number of anilines is 1. The number of nitrogens with one attached hydrogen (secondary N) is 1. The molecular formula is C9H11N3P2. The summed E-state index contributed by atoms with van der Waals surface area (Å²) in [7, 11) is 5.33. The van der Waals surface area contributed by atoms with Crippen molar-refractivity contribution in [2.75, 3.05) is 5.32 Å². The lowest BCUT2D eigenvalue weighted by atomic mass is 10.2. The molecule has 5 heteroatoms. The van der Waals surface area contributed by atoms with Gasteiger partial charge in [-0.3, -0.25) is 0 Å². The van der Waals surface area contributed by atoms with Crippen molar-refractivity contribution in [3.8, 4) is 0 Å². The first-order chi connectivity index (χ1) is 6.75. The van der Waals surface area contributed by atoms with E-state index in [2.05, 4.69) is 33.8 Å². The van der Waals surface area contributed by atoms with Crippen LogP contribution in [0.4, 0.5) is 5.69 Å². The van der Waals surface area contributed by atoms with Gasteiger partial charge >= 0.3 is 0 Å². The molecule has 0 fully saturated rings. The third-order valence-electron chi connectivity index (χ3n) is 1.84. The molecule has 0 radical (unpaired) electrons. The van der Waals surface area contributed by atoms with E-state index in [1.54, 1.807) is 6.33 Å². The molecule has 2 atom stereocenters. The average molecular weight is 223 g/mol. The second-order valence-corrected chi connectivity index (χ2v) is 5.17. The molecule has 72 valence electrons. The van der Waals surface area contributed by atoms with Crippen LogP contribution in [0.1, 0.15) is 0 Å². The van der Waals surface area contributed by atoms with Crippen molar-refractivity contribution in [2.45, 2.75) is 5.52 Å². The Hall–Kier alpha value is -0.780. The lowest BCUT2D eigenvalue weighted by Gasteiger charge is -2.09. The molecule has 0 aliphatic rings. The number of hydrogen-bond acceptors (Lipinski definition) is 3. The summed E-state index contributed by atoms with van der Waals surface area (Å²) >= 11 is 0. The van der Waals surface area contributed by atoms with Crippen molar-refractivity contribution in [1.29, 1.82) is 0 Å². The molecule has 0 amide bonds. The number of hydrogen-bond donors (Lipinski definition) is 1. The van der Waals surface area contributed by atoms with Crippen molar-refractivity contribution in [3.63, 3.8) is 0 Å². The lowest BCUT2D eigenvalue weighted by molar-refractivity contribution is 1.22. The van der Waals surface area contributed by atoms with Crippen molar-refractivity contribution in [3.05, 3.63) is 30.7 Å². The Morgan fingerprint density at radius 1 is 1.29 bits per heavy atom. The lowest BCUT2D eigenvalue weighted by Crippen LogP contribution is -2.02. The molecule has 0 saturated heterocycles. The van der Waals surface area contributed by atoms with Gasteiger partial charge in [0.2, 0.25) is 0 Å². The maximum atomic E-state index is 4.15. The topological polar surface area (TPSA) is 37.8 Å². The minimum Gasteiger partial charge on any atom is -0.376 e. The van der Waals surface area contributed by atoms with Gasteiger partial charge in [-0.05, 0) is 18.2 Å². The summed E-state index contributed by atoms with van der Waals surface area (Å²) in [5.74, 6) is 0. The van der Waals surface area contributed by atoms with E-state index < -0.39 is 0 Å². The summed E-state index contributed by atoms with van der Waals surface area (Å²) in [5, 5.41) is 4.32. The van der Waals surface area contributed by atoms with Crippen LogP contribution in [0, 0.1) is 0 Å². The van der Waals surface area contributed by atoms with Crippen LogP contribution in [-0.4, -0.2) is 15.5 Å². The zero-order valence-electron chi connectivity index (χ0n) is 7.51. The third-order valence-corrected chi connectivity index (χ3v) is 2.17. The van der Waals surface area contributed by atoms with Gasteiger partial charge in [0.1, 0.15) is 6.33 Å². The van der Waals surface area contributed by atoms with Gasteiger partial charge in [0.25, 0.3) is 0 Å². The predicted molar refractivity (Wildman–Crippen MR) is 66.4 cm³/mol. The molecule has 2 rings (SSSR count). The van der Waals surface area contributed by atoms with Gasteiger partial charge in [-0.25, -0.2) is 9.97 Å². The van der Waals surface area contributed by atoms with Crippen molar-refractivity contribution in [1.82, 2.24) is 9.97 Å². The Bertz CT molecular complexity index is 445. The number of rotatable bonds is 2. The van der Waals surface area contributed by atoms with Crippen LogP contribution in [0.25, 0.3) is 10.9 Å². The molecule has 2 unspecified atom stereocenters. The third kappa shape index (κ3) is 2.17. The molecular weight excluding hydrogens is 212 g/mol. The summed E-state index contributed by atoms with van der Waals surface area (Å²) in [5.41, 5.74) is 2.31. The maximum absolute atomic E-state index is 4.15. The van der Waals surface area contributed by atoms with Gasteiger partial charge in [0, 0.05) is 17.3 Å². The number of aromatic nitrogens is 2. The van der Waals surface area contributed by atoms with Gasteiger partial charge in [-0.1, -0.05) is 0 Å². The highest BCUT2D eigenvalue weighted by molar-refractivity contribution is 7.38. The fourth-order valence-corrected chi connectivity index (χ4v) is 1.65. The summed E-state index contributed by atoms with van der Waals surface area (Å²) in [6.07, 6.45) is 3.37. The Morgan fingerprint density at radius 2 is 2.14 bits per heavy atom. The van der Waals surface area contributed by atoms with E-state index >= 15 is 0 Å². The molecule has 2 aromatic rings. The van der Waals surface area contributed by atoms with Crippen LogP contribution in [0.5, 0.6) is 0 Å². The van der Waals surface area contributed by atoms with E-state index in [0.717, 1.165) is 16.6 Å². The minimum absolute atomic E-state index is 0.275. The van der Waals surface area contributed by atoms with E-state index in [9.17, 15) is 0 Å². The van der Waals surface area contributed by atoms with E-state index in [1.165, 1.54) is 0 Å². The highest BCUT2D eigenvalue weighted by Crippen LogP contribution is 2.19. The maximum Gasteiger partial charge on any atom is 0.116 e. The first-order valence-corrected chi connectivity index (χ1v) is 5.56. The van der Waals surface area contributed by atoms with Gasteiger partial charge < -0.3 is 5.32 Å². The zero-order valence-corrected chi connectivity index (χ0v) is 9.82. The molecule has 14 heavy (non-hydrogen) atoms. The summed E-state index contributed by atoms with van der Waals surface area (Å²) in [4.78, 5) is 8.14. The molecule has 1 heterocycles. The quantitative estimate of drug-likeness (QED) is 0.792. The normalized spacial score (nSPS) is 10.8. The minimum atomic E-state index is 0.275. The first-order valence-electron chi connectivity index (χ1n) is 4.23. The van der Waals surface area contributed by atoms with Gasteiger partial charge in [-0.2, -0.15) is 0 Å². The molecule has 0 spiro atoms. The Balaban J connectivity index is 2.41.